The summed E-state index contributed by atoms with van der Waals surface area (Å²) in [4.78, 5) is 0. The van der Waals surface area contributed by atoms with Crippen LogP contribution >= 0.6 is 0 Å². The van der Waals surface area contributed by atoms with Gasteiger partial charge in [-0.25, -0.2) is 4.57 Å². The van der Waals surface area contributed by atoms with Crippen molar-refractivity contribution in [1.82, 2.24) is 0 Å². The first-order valence-corrected chi connectivity index (χ1v) is 9.93. The Balaban J connectivity index is 0.00000218. The highest BCUT2D eigenvalue weighted by Crippen LogP contribution is 2.32. The van der Waals surface area contributed by atoms with Gasteiger partial charge < -0.3 is 24.0 Å². The molecular formula is C28H22IN. The van der Waals surface area contributed by atoms with E-state index < -0.39 is 0 Å². The maximum atomic E-state index is 2.30. The second-order valence-electron chi connectivity index (χ2n) is 7.43. The lowest BCUT2D eigenvalue weighted by molar-refractivity contribution is -0.659. The predicted molar refractivity (Wildman–Crippen MR) is 121 cm³/mol. The zero-order valence-electron chi connectivity index (χ0n) is 16.8. The van der Waals surface area contributed by atoms with Crippen molar-refractivity contribution in [1.29, 1.82) is 0 Å². The number of halogens is 1. The van der Waals surface area contributed by atoms with Crippen LogP contribution in [0.5, 0.6) is 0 Å². The first-order chi connectivity index (χ1) is 14.3. The third kappa shape index (κ3) is 4.01. The monoisotopic (exact) mass is 499 g/mol. The van der Waals surface area contributed by atoms with E-state index in [1.54, 1.807) is 0 Å². The number of rotatable bonds is 3. The van der Waals surface area contributed by atoms with Crippen LogP contribution in [0, 0.1) is 0 Å². The molecule has 1 aromatic heterocycles. The molecule has 2 heteroatoms. The standard InChI is InChI=1S/C28H22N.HI/c1-29-20-24-15-9-8-14-23(24)19-28(29)27-17-25(21-10-4-2-5-11-21)16-26(18-27)22-12-6-3-7-13-22;/h2-20H,1H3;1H/q+1;/p-1. The summed E-state index contributed by atoms with van der Waals surface area (Å²) in [7, 11) is 2.12. The second-order valence-corrected chi connectivity index (χ2v) is 7.43. The molecule has 0 aliphatic rings. The third-order valence-electron chi connectivity index (χ3n) is 5.44. The molecule has 1 heterocycles. The number of hydrogen-bond acceptors (Lipinski definition) is 0. The average molecular weight is 499 g/mol. The summed E-state index contributed by atoms with van der Waals surface area (Å²) in [5, 5.41) is 2.51. The molecule has 146 valence electrons. The van der Waals surface area contributed by atoms with Crippen LogP contribution in [0.4, 0.5) is 0 Å². The summed E-state index contributed by atoms with van der Waals surface area (Å²) in [5.74, 6) is 0. The fourth-order valence-electron chi connectivity index (χ4n) is 3.94. The van der Waals surface area contributed by atoms with E-state index in [0.717, 1.165) is 0 Å². The summed E-state index contributed by atoms with van der Waals surface area (Å²) in [5.41, 5.74) is 7.35. The van der Waals surface area contributed by atoms with Crippen molar-refractivity contribution in [3.63, 3.8) is 0 Å². The third-order valence-corrected chi connectivity index (χ3v) is 5.44. The summed E-state index contributed by atoms with van der Waals surface area (Å²) in [6.07, 6.45) is 2.21. The van der Waals surface area contributed by atoms with E-state index >= 15 is 0 Å². The van der Waals surface area contributed by atoms with Gasteiger partial charge in [0.2, 0.25) is 5.69 Å². The van der Waals surface area contributed by atoms with Crippen molar-refractivity contribution in [2.45, 2.75) is 0 Å². The molecule has 5 aromatic rings. The van der Waals surface area contributed by atoms with Crippen LogP contribution in [-0.2, 0) is 7.05 Å². The van der Waals surface area contributed by atoms with Gasteiger partial charge in [-0.1, -0.05) is 78.9 Å². The van der Waals surface area contributed by atoms with Gasteiger partial charge >= 0.3 is 0 Å². The van der Waals surface area contributed by atoms with Gasteiger partial charge in [-0.2, -0.15) is 0 Å². The van der Waals surface area contributed by atoms with Crippen molar-refractivity contribution in [3.8, 4) is 33.5 Å². The highest BCUT2D eigenvalue weighted by atomic mass is 127. The average Bonchev–Trinajstić information content (AvgIpc) is 2.79. The molecule has 5 rings (SSSR count). The highest BCUT2D eigenvalue weighted by Gasteiger charge is 2.15. The Kier molecular flexibility index (Phi) is 5.96. The van der Waals surface area contributed by atoms with E-state index in [9.17, 15) is 0 Å². The molecule has 0 unspecified atom stereocenters. The number of pyridine rings is 1. The molecule has 0 radical (unpaired) electrons. The van der Waals surface area contributed by atoms with Crippen molar-refractivity contribution in [3.05, 3.63) is 115 Å². The number of aryl methyl sites for hydroxylation is 1. The Morgan fingerprint density at radius 3 is 1.50 bits per heavy atom. The molecule has 0 saturated heterocycles. The minimum Gasteiger partial charge on any atom is -1.00 e. The van der Waals surface area contributed by atoms with Crippen molar-refractivity contribution in [2.24, 2.45) is 7.05 Å². The normalized spacial score (nSPS) is 10.6. The highest BCUT2D eigenvalue weighted by molar-refractivity contribution is 5.86. The lowest BCUT2D eigenvalue weighted by Crippen LogP contribution is -3.00. The second kappa shape index (κ2) is 8.80. The maximum Gasteiger partial charge on any atom is 0.212 e. The van der Waals surface area contributed by atoms with Crippen molar-refractivity contribution in [2.75, 3.05) is 0 Å². The van der Waals surface area contributed by atoms with Gasteiger partial charge in [0.1, 0.15) is 7.05 Å². The number of fused-ring (bicyclic) bond motifs is 1. The molecule has 0 amide bonds. The van der Waals surface area contributed by atoms with Crippen LogP contribution in [0.1, 0.15) is 0 Å². The van der Waals surface area contributed by atoms with Crippen LogP contribution in [0.2, 0.25) is 0 Å². The zero-order valence-corrected chi connectivity index (χ0v) is 19.0. The minimum atomic E-state index is 0. The number of hydrogen-bond donors (Lipinski definition) is 0. The quantitative estimate of drug-likeness (QED) is 0.264. The number of nitrogens with zero attached hydrogens (tertiary/aromatic N) is 1. The summed E-state index contributed by atoms with van der Waals surface area (Å²) < 4.78 is 2.22. The topological polar surface area (TPSA) is 3.88 Å². The van der Waals surface area contributed by atoms with E-state index in [2.05, 4.69) is 127 Å². The molecule has 0 spiro atoms. The Bertz CT molecular complexity index is 1240. The smallest absolute Gasteiger partial charge is 0.212 e. The molecule has 0 bridgehead atoms. The molecule has 0 atom stereocenters. The molecule has 4 aromatic carbocycles. The lowest BCUT2D eigenvalue weighted by Gasteiger charge is -2.11. The number of aromatic nitrogens is 1. The zero-order chi connectivity index (χ0) is 19.6. The molecule has 0 fully saturated rings. The summed E-state index contributed by atoms with van der Waals surface area (Å²) in [6.45, 7) is 0. The molecule has 30 heavy (non-hydrogen) atoms. The van der Waals surface area contributed by atoms with Gasteiger partial charge in [0.05, 0.1) is 0 Å². The summed E-state index contributed by atoms with van der Waals surface area (Å²) in [6, 6.07) is 38.9. The Morgan fingerprint density at radius 1 is 0.467 bits per heavy atom. The molecule has 1 nitrogen and oxygen atoms in total. The molecule has 0 aliphatic carbocycles. The molecular weight excluding hydrogens is 477 g/mol. The Morgan fingerprint density at radius 2 is 0.933 bits per heavy atom. The fourth-order valence-corrected chi connectivity index (χ4v) is 3.94. The molecule has 0 aliphatic heterocycles. The van der Waals surface area contributed by atoms with Crippen LogP contribution in [0.25, 0.3) is 44.3 Å². The predicted octanol–water partition coefficient (Wildman–Crippen LogP) is 3.67. The van der Waals surface area contributed by atoms with Crippen LogP contribution in [-0.4, -0.2) is 0 Å². The van der Waals surface area contributed by atoms with E-state index in [4.69, 9.17) is 0 Å². The van der Waals surface area contributed by atoms with Gasteiger partial charge in [0, 0.05) is 17.0 Å². The van der Waals surface area contributed by atoms with E-state index in [1.807, 2.05) is 0 Å². The van der Waals surface area contributed by atoms with E-state index in [-0.39, 0.29) is 24.0 Å². The van der Waals surface area contributed by atoms with Gasteiger partial charge in [0.25, 0.3) is 0 Å². The fraction of sp³-hybridized carbons (Fsp3) is 0.0357. The van der Waals surface area contributed by atoms with Gasteiger partial charge in [-0.05, 0) is 51.9 Å². The largest absolute Gasteiger partial charge is 1.00 e. The molecule has 0 saturated carbocycles. The van der Waals surface area contributed by atoms with Gasteiger partial charge in [-0.15, -0.1) is 0 Å². The van der Waals surface area contributed by atoms with Crippen LogP contribution in [0.3, 0.4) is 0 Å². The summed E-state index contributed by atoms with van der Waals surface area (Å²) >= 11 is 0. The maximum absolute atomic E-state index is 2.30. The SMILES string of the molecule is C[n+]1cc2ccccc2cc1-c1cc(-c2ccccc2)cc(-c2ccccc2)c1.[I-]. The van der Waals surface area contributed by atoms with Crippen LogP contribution in [0.15, 0.2) is 115 Å². The molecule has 0 N–H and O–H groups in total. The van der Waals surface area contributed by atoms with Crippen molar-refractivity contribution >= 4 is 10.8 Å². The van der Waals surface area contributed by atoms with Crippen LogP contribution < -0.4 is 28.5 Å². The van der Waals surface area contributed by atoms with E-state index in [0.29, 0.717) is 0 Å². The van der Waals surface area contributed by atoms with E-state index in [1.165, 1.54) is 44.3 Å². The minimum absolute atomic E-state index is 0. The Labute approximate surface area is 194 Å². The van der Waals surface area contributed by atoms with Gasteiger partial charge in [0.15, 0.2) is 6.20 Å². The Hall–Kier alpha value is -2.98. The first-order valence-electron chi connectivity index (χ1n) is 9.93. The number of benzene rings is 4. The van der Waals surface area contributed by atoms with Crippen molar-refractivity contribution < 1.29 is 28.5 Å². The first kappa shape index (κ1) is 20.3. The lowest BCUT2D eigenvalue weighted by atomic mass is 9.94. The van der Waals surface area contributed by atoms with Gasteiger partial charge in [-0.3, -0.25) is 0 Å².